The smallest absolute Gasteiger partial charge is 0.387 e. The molecule has 2 amide bonds. The normalized spacial score (nSPS) is 10.4. The van der Waals surface area contributed by atoms with Crippen LogP contribution >= 0.6 is 11.8 Å². The number of amides is 2. The molecular formula is C16H16F2N2O2S. The molecule has 0 aliphatic heterocycles. The second-order valence-corrected chi connectivity index (χ2v) is 5.62. The minimum absolute atomic E-state index is 0.00238. The Morgan fingerprint density at radius 2 is 1.91 bits per heavy atom. The molecule has 0 aromatic heterocycles. The van der Waals surface area contributed by atoms with Crippen LogP contribution in [0.15, 0.2) is 59.5 Å². The molecule has 2 rings (SSSR count). The van der Waals surface area contributed by atoms with E-state index in [-0.39, 0.29) is 5.75 Å². The van der Waals surface area contributed by atoms with Gasteiger partial charge in [0, 0.05) is 28.9 Å². The first-order chi connectivity index (χ1) is 11.1. The van der Waals surface area contributed by atoms with E-state index in [0.717, 1.165) is 10.6 Å². The van der Waals surface area contributed by atoms with Gasteiger partial charge in [0.25, 0.3) is 0 Å². The number of anilines is 1. The molecule has 0 aliphatic rings. The topological polar surface area (TPSA) is 50.4 Å². The van der Waals surface area contributed by atoms with Crippen LogP contribution in [0, 0.1) is 0 Å². The molecule has 2 aromatic carbocycles. The van der Waals surface area contributed by atoms with Crippen molar-refractivity contribution in [3.05, 3.63) is 54.6 Å². The van der Waals surface area contributed by atoms with Gasteiger partial charge in [-0.05, 0) is 24.3 Å². The number of benzene rings is 2. The summed E-state index contributed by atoms with van der Waals surface area (Å²) in [6, 6.07) is 15.3. The van der Waals surface area contributed by atoms with E-state index in [9.17, 15) is 13.6 Å². The molecule has 7 heteroatoms. The fourth-order valence-electron chi connectivity index (χ4n) is 1.78. The van der Waals surface area contributed by atoms with Crippen molar-refractivity contribution in [3.8, 4) is 5.75 Å². The lowest BCUT2D eigenvalue weighted by Gasteiger charge is -2.09. The molecule has 0 radical (unpaired) electrons. The zero-order valence-corrected chi connectivity index (χ0v) is 13.0. The zero-order chi connectivity index (χ0) is 16.5. The van der Waals surface area contributed by atoms with E-state index in [1.807, 2.05) is 30.3 Å². The van der Waals surface area contributed by atoms with E-state index in [2.05, 4.69) is 15.4 Å². The highest BCUT2D eigenvalue weighted by atomic mass is 32.2. The highest BCUT2D eigenvalue weighted by molar-refractivity contribution is 7.99. The number of ether oxygens (including phenoxy) is 1. The van der Waals surface area contributed by atoms with E-state index < -0.39 is 12.6 Å². The van der Waals surface area contributed by atoms with Gasteiger partial charge >= 0.3 is 12.6 Å². The van der Waals surface area contributed by atoms with E-state index in [1.165, 1.54) is 18.2 Å². The molecule has 0 bridgehead atoms. The number of alkyl halides is 2. The van der Waals surface area contributed by atoms with Crippen LogP contribution in [0.2, 0.25) is 0 Å². The van der Waals surface area contributed by atoms with Crippen molar-refractivity contribution in [2.45, 2.75) is 11.5 Å². The Hall–Kier alpha value is -2.28. The first-order valence-corrected chi connectivity index (χ1v) is 7.89. The van der Waals surface area contributed by atoms with Crippen LogP contribution in [0.4, 0.5) is 19.3 Å². The standard InChI is InChI=1S/C16H16F2N2O2S/c17-15(18)22-13-6-4-5-12(11-13)20-16(21)19-9-10-23-14-7-2-1-3-8-14/h1-8,11,15H,9-10H2,(H2,19,20,21). The quantitative estimate of drug-likeness (QED) is 0.587. The summed E-state index contributed by atoms with van der Waals surface area (Å²) in [6.45, 7) is -2.41. The Balaban J connectivity index is 1.72. The number of halogens is 2. The molecular weight excluding hydrogens is 322 g/mol. The monoisotopic (exact) mass is 338 g/mol. The number of carbonyl (C=O) groups excluding carboxylic acids is 1. The van der Waals surface area contributed by atoms with Crippen molar-refractivity contribution >= 4 is 23.5 Å². The van der Waals surface area contributed by atoms with Crippen LogP contribution in [0.25, 0.3) is 0 Å². The maximum Gasteiger partial charge on any atom is 0.387 e. The summed E-state index contributed by atoms with van der Waals surface area (Å²) in [4.78, 5) is 12.9. The first-order valence-electron chi connectivity index (χ1n) is 6.91. The maximum absolute atomic E-state index is 12.1. The van der Waals surface area contributed by atoms with Gasteiger partial charge in [-0.15, -0.1) is 11.8 Å². The van der Waals surface area contributed by atoms with Gasteiger partial charge in [0.2, 0.25) is 0 Å². The van der Waals surface area contributed by atoms with Gasteiger partial charge in [0.1, 0.15) is 5.75 Å². The molecule has 0 saturated carbocycles. The molecule has 0 heterocycles. The summed E-state index contributed by atoms with van der Waals surface area (Å²) >= 11 is 1.63. The lowest BCUT2D eigenvalue weighted by molar-refractivity contribution is -0.0497. The van der Waals surface area contributed by atoms with Gasteiger partial charge in [-0.2, -0.15) is 8.78 Å². The number of hydrogen-bond donors (Lipinski definition) is 2. The van der Waals surface area contributed by atoms with Gasteiger partial charge in [0.15, 0.2) is 0 Å². The SMILES string of the molecule is O=C(NCCSc1ccccc1)Nc1cccc(OC(F)F)c1. The fourth-order valence-corrected chi connectivity index (χ4v) is 2.56. The van der Waals surface area contributed by atoms with Gasteiger partial charge in [0.05, 0.1) is 0 Å². The van der Waals surface area contributed by atoms with Crippen LogP contribution in [0.1, 0.15) is 0 Å². The summed E-state index contributed by atoms with van der Waals surface area (Å²) in [6.07, 6.45) is 0. The Morgan fingerprint density at radius 3 is 2.65 bits per heavy atom. The summed E-state index contributed by atoms with van der Waals surface area (Å²) in [5.41, 5.74) is 0.386. The molecule has 4 nitrogen and oxygen atoms in total. The van der Waals surface area contributed by atoms with E-state index in [1.54, 1.807) is 17.8 Å². The van der Waals surface area contributed by atoms with Crippen LogP contribution in [0.5, 0.6) is 5.75 Å². The number of thioether (sulfide) groups is 1. The Morgan fingerprint density at radius 1 is 1.13 bits per heavy atom. The average molecular weight is 338 g/mol. The zero-order valence-electron chi connectivity index (χ0n) is 12.2. The second-order valence-electron chi connectivity index (χ2n) is 4.45. The lowest BCUT2D eigenvalue weighted by Crippen LogP contribution is -2.30. The maximum atomic E-state index is 12.1. The molecule has 0 fully saturated rings. The third-order valence-electron chi connectivity index (χ3n) is 2.72. The van der Waals surface area contributed by atoms with E-state index >= 15 is 0 Å². The van der Waals surface area contributed by atoms with Crippen molar-refractivity contribution in [2.75, 3.05) is 17.6 Å². The molecule has 2 N–H and O–H groups in total. The fraction of sp³-hybridized carbons (Fsp3) is 0.188. The van der Waals surface area contributed by atoms with Crippen LogP contribution in [-0.2, 0) is 0 Å². The lowest BCUT2D eigenvalue weighted by atomic mass is 10.3. The summed E-state index contributed by atoms with van der Waals surface area (Å²) in [7, 11) is 0. The highest BCUT2D eigenvalue weighted by Gasteiger charge is 2.06. The molecule has 0 aliphatic carbocycles. The van der Waals surface area contributed by atoms with Crippen LogP contribution in [0.3, 0.4) is 0 Å². The molecule has 0 spiro atoms. The first kappa shape index (κ1) is 17.1. The van der Waals surface area contributed by atoms with Crippen molar-refractivity contribution in [1.29, 1.82) is 0 Å². The van der Waals surface area contributed by atoms with Gasteiger partial charge in [-0.3, -0.25) is 0 Å². The molecule has 23 heavy (non-hydrogen) atoms. The minimum atomic E-state index is -2.89. The Bertz CT molecular complexity index is 626. The van der Waals surface area contributed by atoms with Crippen molar-refractivity contribution in [3.63, 3.8) is 0 Å². The third-order valence-corrected chi connectivity index (χ3v) is 3.73. The van der Waals surface area contributed by atoms with Crippen LogP contribution in [-0.4, -0.2) is 24.9 Å². The second kappa shape index (κ2) is 8.99. The van der Waals surface area contributed by atoms with Crippen molar-refractivity contribution in [1.82, 2.24) is 5.32 Å². The summed E-state index contributed by atoms with van der Waals surface area (Å²) in [5.74, 6) is 0.726. The minimum Gasteiger partial charge on any atom is -0.435 e. The predicted molar refractivity (Wildman–Crippen MR) is 87.3 cm³/mol. The van der Waals surface area contributed by atoms with Crippen molar-refractivity contribution < 1.29 is 18.3 Å². The highest BCUT2D eigenvalue weighted by Crippen LogP contribution is 2.19. The molecule has 122 valence electrons. The van der Waals surface area contributed by atoms with Crippen molar-refractivity contribution in [2.24, 2.45) is 0 Å². The molecule has 2 aromatic rings. The predicted octanol–water partition coefficient (Wildman–Crippen LogP) is 4.20. The number of rotatable bonds is 7. The number of nitrogens with one attached hydrogen (secondary N) is 2. The largest absolute Gasteiger partial charge is 0.435 e. The molecule has 0 atom stereocenters. The van der Waals surface area contributed by atoms with Gasteiger partial charge < -0.3 is 15.4 Å². The summed E-state index contributed by atoms with van der Waals surface area (Å²) < 4.78 is 28.5. The number of hydrogen-bond acceptors (Lipinski definition) is 3. The van der Waals surface area contributed by atoms with E-state index in [0.29, 0.717) is 12.2 Å². The van der Waals surface area contributed by atoms with Gasteiger partial charge in [-0.25, -0.2) is 4.79 Å². The van der Waals surface area contributed by atoms with Crippen LogP contribution < -0.4 is 15.4 Å². The number of carbonyl (C=O) groups is 1. The Labute approximate surface area is 137 Å². The van der Waals surface area contributed by atoms with E-state index in [4.69, 9.17) is 0 Å². The van der Waals surface area contributed by atoms with Gasteiger partial charge in [-0.1, -0.05) is 24.3 Å². The molecule has 0 unspecified atom stereocenters. The molecule has 0 saturated heterocycles. The average Bonchev–Trinajstić information content (AvgIpc) is 2.52. The number of urea groups is 1. The third kappa shape index (κ3) is 6.56. The Kier molecular flexibility index (Phi) is 6.68. The summed E-state index contributed by atoms with van der Waals surface area (Å²) in [5, 5.41) is 5.27.